The van der Waals surface area contributed by atoms with Gasteiger partial charge < -0.3 is 31.1 Å². The van der Waals surface area contributed by atoms with Gasteiger partial charge in [0.2, 0.25) is 5.78 Å². The number of amides is 1. The predicted octanol–water partition coefficient (Wildman–Crippen LogP) is 1.31. The summed E-state index contributed by atoms with van der Waals surface area (Å²) < 4.78 is 0. The smallest absolute Gasteiger partial charge is 0.255 e. The molecule has 0 bridgehead atoms. The van der Waals surface area contributed by atoms with Gasteiger partial charge in [0.05, 0.1) is 5.56 Å². The van der Waals surface area contributed by atoms with Gasteiger partial charge in [0, 0.05) is 17.9 Å². The van der Waals surface area contributed by atoms with E-state index in [-0.39, 0.29) is 29.7 Å². The standard InChI is InChI=1S/C26H30N2O7/c1-28-6-4-12(5-7-28)8-13-2-3-17(29)20-16(13)10-14-9-15-11-18(30)21(25(27)34)24(33)26(15,35)23(32)19(14)22(20)31/h2-3,12,14-15,29,31,33,35H,4-11H2,1H3,(H2,27,34)/t14-,15+,26+/m1/s1. The van der Waals surface area contributed by atoms with Gasteiger partial charge in [-0.15, -0.1) is 0 Å². The second-order valence-electron chi connectivity index (χ2n) is 10.5. The van der Waals surface area contributed by atoms with E-state index in [0.717, 1.165) is 43.5 Å². The molecule has 3 atom stereocenters. The van der Waals surface area contributed by atoms with E-state index in [0.29, 0.717) is 12.3 Å². The zero-order valence-electron chi connectivity index (χ0n) is 19.6. The van der Waals surface area contributed by atoms with Crippen LogP contribution in [0.5, 0.6) is 5.75 Å². The number of hydrogen-bond donors (Lipinski definition) is 5. The van der Waals surface area contributed by atoms with Crippen molar-refractivity contribution in [2.24, 2.45) is 23.5 Å². The predicted molar refractivity (Wildman–Crippen MR) is 125 cm³/mol. The number of nitrogens with zero attached hydrogens (tertiary/aromatic N) is 1. The summed E-state index contributed by atoms with van der Waals surface area (Å²) in [6.45, 7) is 2.02. The number of primary amides is 1. The number of ketones is 2. The largest absolute Gasteiger partial charge is 0.508 e. The van der Waals surface area contributed by atoms with Crippen LogP contribution in [0.3, 0.4) is 0 Å². The number of aliphatic hydroxyl groups excluding tert-OH is 2. The molecular weight excluding hydrogens is 452 g/mol. The van der Waals surface area contributed by atoms with Crippen LogP contribution in [0.2, 0.25) is 0 Å². The van der Waals surface area contributed by atoms with E-state index in [1.165, 1.54) is 6.07 Å². The number of likely N-dealkylation sites (tertiary alicyclic amines) is 1. The third-order valence-electron chi connectivity index (χ3n) is 8.39. The highest BCUT2D eigenvalue weighted by Gasteiger charge is 2.60. The van der Waals surface area contributed by atoms with E-state index in [9.17, 15) is 34.8 Å². The topological polar surface area (TPSA) is 161 Å². The molecule has 0 unspecified atom stereocenters. The molecule has 186 valence electrons. The van der Waals surface area contributed by atoms with Crippen LogP contribution in [0, 0.1) is 17.8 Å². The number of Topliss-reactive ketones (excluding diaryl/α,β-unsaturated/α-hetero) is 2. The van der Waals surface area contributed by atoms with Crippen LogP contribution in [0.4, 0.5) is 0 Å². The minimum absolute atomic E-state index is 0.104. The molecule has 1 aromatic rings. The van der Waals surface area contributed by atoms with Crippen molar-refractivity contribution in [3.63, 3.8) is 0 Å². The van der Waals surface area contributed by atoms with Gasteiger partial charge in [-0.3, -0.25) is 14.4 Å². The van der Waals surface area contributed by atoms with Crippen molar-refractivity contribution in [1.82, 2.24) is 4.90 Å². The fraction of sp³-hybridized carbons (Fsp3) is 0.500. The zero-order chi connectivity index (χ0) is 25.2. The Hall–Kier alpha value is -3.17. The molecule has 1 aromatic carbocycles. The number of piperidine rings is 1. The van der Waals surface area contributed by atoms with E-state index >= 15 is 0 Å². The van der Waals surface area contributed by atoms with Crippen LogP contribution in [-0.4, -0.2) is 68.5 Å². The number of benzene rings is 1. The molecule has 1 heterocycles. The van der Waals surface area contributed by atoms with Gasteiger partial charge in [-0.2, -0.15) is 0 Å². The van der Waals surface area contributed by atoms with E-state index in [2.05, 4.69) is 11.9 Å². The third kappa shape index (κ3) is 3.48. The summed E-state index contributed by atoms with van der Waals surface area (Å²) in [5.41, 5.74) is 3.75. The average molecular weight is 483 g/mol. The molecular formula is C26H30N2O7. The Balaban J connectivity index is 1.58. The highest BCUT2D eigenvalue weighted by atomic mass is 16.3. The van der Waals surface area contributed by atoms with Crippen molar-refractivity contribution in [3.8, 4) is 5.75 Å². The Bertz CT molecular complexity index is 1210. The van der Waals surface area contributed by atoms with Crippen LogP contribution in [0.15, 0.2) is 29.0 Å². The first kappa shape index (κ1) is 23.6. The Morgan fingerprint density at radius 3 is 2.49 bits per heavy atom. The summed E-state index contributed by atoms with van der Waals surface area (Å²) in [5, 5.41) is 43.8. The summed E-state index contributed by atoms with van der Waals surface area (Å²) in [6.07, 6.45) is 3.07. The Morgan fingerprint density at radius 1 is 1.14 bits per heavy atom. The second-order valence-corrected chi connectivity index (χ2v) is 10.5. The minimum Gasteiger partial charge on any atom is -0.508 e. The van der Waals surface area contributed by atoms with Crippen LogP contribution < -0.4 is 5.73 Å². The molecule has 9 heteroatoms. The van der Waals surface area contributed by atoms with Gasteiger partial charge in [0.15, 0.2) is 11.4 Å². The third-order valence-corrected chi connectivity index (χ3v) is 8.39. The van der Waals surface area contributed by atoms with Crippen LogP contribution in [-0.2, 0) is 27.2 Å². The second kappa shape index (κ2) is 8.20. The van der Waals surface area contributed by atoms with Gasteiger partial charge in [-0.1, -0.05) is 6.07 Å². The van der Waals surface area contributed by atoms with Crippen molar-refractivity contribution in [1.29, 1.82) is 0 Å². The van der Waals surface area contributed by atoms with Gasteiger partial charge in [0.1, 0.15) is 22.8 Å². The molecule has 1 amide bonds. The Kier molecular flexibility index (Phi) is 5.52. The molecule has 1 saturated carbocycles. The van der Waals surface area contributed by atoms with Crippen molar-refractivity contribution >= 4 is 23.2 Å². The highest BCUT2D eigenvalue weighted by molar-refractivity contribution is 6.22. The maximum absolute atomic E-state index is 13.6. The van der Waals surface area contributed by atoms with Gasteiger partial charge >= 0.3 is 0 Å². The fourth-order valence-corrected chi connectivity index (χ4v) is 6.45. The van der Waals surface area contributed by atoms with Crippen molar-refractivity contribution < 1.29 is 34.8 Å². The maximum Gasteiger partial charge on any atom is 0.255 e. The van der Waals surface area contributed by atoms with Crippen LogP contribution in [0.1, 0.15) is 42.4 Å². The lowest BCUT2D eigenvalue weighted by Crippen LogP contribution is -2.58. The van der Waals surface area contributed by atoms with Gasteiger partial charge in [0.25, 0.3) is 5.91 Å². The maximum atomic E-state index is 13.6. The molecule has 35 heavy (non-hydrogen) atoms. The number of fused-ring (bicyclic) bond motifs is 3. The molecule has 0 aromatic heterocycles. The molecule has 0 radical (unpaired) electrons. The SMILES string of the molecule is CN1CCC(Cc2ccc(O)c3c2C[C@H]2C[C@H]4CC(=O)C(C(N)=O)=C(O)[C@@]4(O)C(=O)C2=C3O)CC1. The summed E-state index contributed by atoms with van der Waals surface area (Å²) in [6, 6.07) is 3.37. The Morgan fingerprint density at radius 2 is 1.83 bits per heavy atom. The number of nitrogens with two attached hydrogens (primary N) is 1. The minimum atomic E-state index is -2.53. The van der Waals surface area contributed by atoms with E-state index in [1.54, 1.807) is 0 Å². The zero-order valence-corrected chi connectivity index (χ0v) is 19.6. The molecule has 1 saturated heterocycles. The first-order valence-corrected chi connectivity index (χ1v) is 12.0. The number of carbonyl (C=O) groups is 3. The average Bonchev–Trinajstić information content (AvgIpc) is 2.79. The first-order valence-electron chi connectivity index (χ1n) is 12.0. The molecule has 2 fully saturated rings. The molecule has 9 nitrogen and oxygen atoms in total. The molecule has 4 aliphatic rings. The quantitative estimate of drug-likeness (QED) is 0.403. The van der Waals surface area contributed by atoms with E-state index < -0.39 is 52.0 Å². The number of aliphatic hydroxyl groups is 3. The Labute approximate surface area is 202 Å². The van der Waals surface area contributed by atoms with Crippen molar-refractivity contribution in [3.05, 3.63) is 45.7 Å². The normalized spacial score (nSPS) is 29.7. The summed E-state index contributed by atoms with van der Waals surface area (Å²) >= 11 is 0. The molecule has 1 aliphatic heterocycles. The molecule has 0 spiro atoms. The number of carbonyl (C=O) groups excluding carboxylic acids is 3. The van der Waals surface area contributed by atoms with E-state index in [4.69, 9.17) is 5.73 Å². The molecule has 5 rings (SSSR count). The number of phenols is 1. The number of aromatic hydroxyl groups is 1. The van der Waals surface area contributed by atoms with Gasteiger partial charge in [-0.25, -0.2) is 0 Å². The highest BCUT2D eigenvalue weighted by Crippen LogP contribution is 2.52. The molecule has 3 aliphatic carbocycles. The monoisotopic (exact) mass is 482 g/mol. The lowest BCUT2D eigenvalue weighted by molar-refractivity contribution is -0.147. The lowest BCUT2D eigenvalue weighted by atomic mass is 9.59. The summed E-state index contributed by atoms with van der Waals surface area (Å²) in [4.78, 5) is 40.1. The van der Waals surface area contributed by atoms with Crippen LogP contribution in [0.25, 0.3) is 5.76 Å². The number of phenolic OH excluding ortho intramolecular Hbond substituents is 1. The number of rotatable bonds is 3. The fourth-order valence-electron chi connectivity index (χ4n) is 6.45. The lowest BCUT2D eigenvalue weighted by Gasteiger charge is -2.46. The number of hydrogen-bond acceptors (Lipinski definition) is 8. The van der Waals surface area contributed by atoms with Crippen molar-refractivity contribution in [2.75, 3.05) is 20.1 Å². The van der Waals surface area contributed by atoms with E-state index in [1.807, 2.05) is 6.07 Å². The van der Waals surface area contributed by atoms with Crippen LogP contribution >= 0.6 is 0 Å². The summed E-state index contributed by atoms with van der Waals surface area (Å²) in [7, 11) is 2.10. The van der Waals surface area contributed by atoms with Crippen molar-refractivity contribution in [2.45, 2.75) is 44.1 Å². The first-order chi connectivity index (χ1) is 16.5. The summed E-state index contributed by atoms with van der Waals surface area (Å²) in [5.74, 6) is -5.56. The van der Waals surface area contributed by atoms with Gasteiger partial charge in [-0.05, 0) is 81.3 Å². The molecule has 6 N–H and O–H groups in total.